The summed E-state index contributed by atoms with van der Waals surface area (Å²) < 4.78 is 0. The number of benzene rings is 2. The number of hydrogen-bond acceptors (Lipinski definition) is 3. The van der Waals surface area contributed by atoms with Gasteiger partial charge >= 0.3 is 0 Å². The molecule has 0 aliphatic carbocycles. The predicted molar refractivity (Wildman–Crippen MR) is 87.5 cm³/mol. The Morgan fingerprint density at radius 2 is 1.74 bits per heavy atom. The van der Waals surface area contributed by atoms with Gasteiger partial charge < -0.3 is 4.90 Å². The Labute approximate surface area is 134 Å². The van der Waals surface area contributed by atoms with E-state index in [1.807, 2.05) is 47.4 Å². The van der Waals surface area contributed by atoms with E-state index in [0.717, 1.165) is 11.3 Å². The molecule has 1 aliphatic heterocycles. The lowest BCUT2D eigenvalue weighted by molar-refractivity contribution is 0.0751. The molecule has 1 amide bonds. The fourth-order valence-electron chi connectivity index (χ4n) is 2.93. The van der Waals surface area contributed by atoms with Gasteiger partial charge in [-0.3, -0.25) is 4.79 Å². The summed E-state index contributed by atoms with van der Waals surface area (Å²) in [5.74, 6) is 0.0529. The fourth-order valence-corrected chi connectivity index (χ4v) is 2.93. The molecule has 2 heterocycles. The second kappa shape index (κ2) is 5.65. The van der Waals surface area contributed by atoms with Gasteiger partial charge in [-0.05, 0) is 29.3 Å². The summed E-state index contributed by atoms with van der Waals surface area (Å²) in [6.45, 7) is 1.35. The molecular formula is C19H15N3O. The van der Waals surface area contributed by atoms with Crippen molar-refractivity contribution in [2.45, 2.75) is 13.1 Å². The predicted octanol–water partition coefficient (Wildman–Crippen LogP) is 3.30. The molecule has 0 saturated carbocycles. The highest BCUT2D eigenvalue weighted by atomic mass is 16.2. The summed E-state index contributed by atoms with van der Waals surface area (Å²) in [6, 6.07) is 17.6. The number of rotatable bonds is 2. The minimum Gasteiger partial charge on any atom is -0.330 e. The van der Waals surface area contributed by atoms with Gasteiger partial charge in [-0.1, -0.05) is 36.4 Å². The van der Waals surface area contributed by atoms with E-state index < -0.39 is 0 Å². The first kappa shape index (κ1) is 13.6. The van der Waals surface area contributed by atoms with Crippen LogP contribution in [0, 0.1) is 0 Å². The highest BCUT2D eigenvalue weighted by molar-refractivity contribution is 5.95. The van der Waals surface area contributed by atoms with Gasteiger partial charge in [0.2, 0.25) is 0 Å². The van der Waals surface area contributed by atoms with E-state index in [4.69, 9.17) is 0 Å². The molecule has 4 heteroatoms. The Kier molecular flexibility index (Phi) is 3.35. The number of aromatic nitrogens is 2. The first-order valence-corrected chi connectivity index (χ1v) is 7.54. The van der Waals surface area contributed by atoms with Crippen LogP contribution in [-0.4, -0.2) is 20.8 Å². The molecule has 2 aromatic carbocycles. The molecule has 0 atom stereocenters. The number of carbonyl (C=O) groups excluding carboxylic acids is 1. The van der Waals surface area contributed by atoms with E-state index in [9.17, 15) is 4.79 Å². The van der Waals surface area contributed by atoms with Gasteiger partial charge in [0.15, 0.2) is 0 Å². The van der Waals surface area contributed by atoms with E-state index in [2.05, 4.69) is 22.1 Å². The van der Waals surface area contributed by atoms with Gasteiger partial charge in [0, 0.05) is 30.4 Å². The van der Waals surface area contributed by atoms with Crippen LogP contribution in [0.1, 0.15) is 21.5 Å². The van der Waals surface area contributed by atoms with Crippen molar-refractivity contribution in [1.82, 2.24) is 14.9 Å². The molecule has 4 rings (SSSR count). The zero-order chi connectivity index (χ0) is 15.6. The van der Waals surface area contributed by atoms with Crippen molar-refractivity contribution in [1.29, 1.82) is 0 Å². The highest BCUT2D eigenvalue weighted by Gasteiger charge is 2.23. The zero-order valence-corrected chi connectivity index (χ0v) is 12.5. The number of amides is 1. The summed E-state index contributed by atoms with van der Waals surface area (Å²) in [5.41, 5.74) is 4.89. The van der Waals surface area contributed by atoms with Crippen molar-refractivity contribution in [3.05, 3.63) is 83.8 Å². The van der Waals surface area contributed by atoms with Gasteiger partial charge in [-0.25, -0.2) is 9.97 Å². The zero-order valence-electron chi connectivity index (χ0n) is 12.5. The Hall–Kier alpha value is -3.01. The van der Waals surface area contributed by atoms with Gasteiger partial charge in [0.1, 0.15) is 6.33 Å². The van der Waals surface area contributed by atoms with Gasteiger partial charge in [-0.2, -0.15) is 0 Å². The molecule has 23 heavy (non-hydrogen) atoms. The van der Waals surface area contributed by atoms with Crippen LogP contribution in [0.2, 0.25) is 0 Å². The number of fused-ring (bicyclic) bond motifs is 1. The molecule has 0 fully saturated rings. The van der Waals surface area contributed by atoms with Crippen molar-refractivity contribution < 1.29 is 4.79 Å². The Morgan fingerprint density at radius 1 is 0.957 bits per heavy atom. The monoisotopic (exact) mass is 301 g/mol. The van der Waals surface area contributed by atoms with Crippen LogP contribution in [0.5, 0.6) is 0 Å². The average Bonchev–Trinajstić information content (AvgIpc) is 3.06. The normalized spacial score (nSPS) is 13.0. The summed E-state index contributed by atoms with van der Waals surface area (Å²) >= 11 is 0. The maximum atomic E-state index is 12.8. The summed E-state index contributed by atoms with van der Waals surface area (Å²) in [6.07, 6.45) is 3.22. The second-order valence-electron chi connectivity index (χ2n) is 5.61. The standard InChI is InChI=1S/C19H15N3O/c23-19(22-11-16-4-1-2-5-17(16)12-22)15-7-3-6-14(10-15)18-8-9-20-13-21-18/h1-10,13H,11-12H2. The van der Waals surface area contributed by atoms with E-state index in [1.165, 1.54) is 17.5 Å². The maximum Gasteiger partial charge on any atom is 0.254 e. The van der Waals surface area contributed by atoms with Gasteiger partial charge in [-0.15, -0.1) is 0 Å². The Morgan fingerprint density at radius 3 is 2.43 bits per heavy atom. The third-order valence-corrected chi connectivity index (χ3v) is 4.12. The summed E-state index contributed by atoms with van der Waals surface area (Å²) in [7, 11) is 0. The lowest BCUT2D eigenvalue weighted by Crippen LogP contribution is -2.25. The Balaban J connectivity index is 1.61. The molecule has 3 aromatic rings. The van der Waals surface area contributed by atoms with Crippen molar-refractivity contribution in [3.8, 4) is 11.3 Å². The third-order valence-electron chi connectivity index (χ3n) is 4.12. The minimum atomic E-state index is 0.0529. The first-order chi connectivity index (χ1) is 11.3. The molecule has 0 radical (unpaired) electrons. The summed E-state index contributed by atoms with van der Waals surface area (Å²) in [5, 5.41) is 0. The molecule has 112 valence electrons. The molecule has 0 unspecified atom stereocenters. The van der Waals surface area contributed by atoms with Crippen LogP contribution < -0.4 is 0 Å². The number of hydrogen-bond donors (Lipinski definition) is 0. The van der Waals surface area contributed by atoms with E-state index in [-0.39, 0.29) is 5.91 Å². The molecule has 4 nitrogen and oxygen atoms in total. The lowest BCUT2D eigenvalue weighted by atomic mass is 10.1. The molecule has 1 aliphatic rings. The van der Waals surface area contributed by atoms with Crippen LogP contribution in [-0.2, 0) is 13.1 Å². The van der Waals surface area contributed by atoms with Crippen LogP contribution in [0.15, 0.2) is 67.1 Å². The van der Waals surface area contributed by atoms with Crippen molar-refractivity contribution in [3.63, 3.8) is 0 Å². The van der Waals surface area contributed by atoms with Crippen LogP contribution >= 0.6 is 0 Å². The second-order valence-corrected chi connectivity index (χ2v) is 5.61. The number of carbonyl (C=O) groups is 1. The van der Waals surface area contributed by atoms with E-state index in [1.54, 1.807) is 6.20 Å². The summed E-state index contributed by atoms with van der Waals surface area (Å²) in [4.78, 5) is 22.8. The highest BCUT2D eigenvalue weighted by Crippen LogP contribution is 2.25. The van der Waals surface area contributed by atoms with Gasteiger partial charge in [0.25, 0.3) is 5.91 Å². The number of nitrogens with zero attached hydrogens (tertiary/aromatic N) is 3. The van der Waals surface area contributed by atoms with Crippen LogP contribution in [0.4, 0.5) is 0 Å². The van der Waals surface area contributed by atoms with E-state index >= 15 is 0 Å². The topological polar surface area (TPSA) is 46.1 Å². The molecular weight excluding hydrogens is 286 g/mol. The third kappa shape index (κ3) is 2.59. The lowest BCUT2D eigenvalue weighted by Gasteiger charge is -2.16. The molecule has 0 saturated heterocycles. The van der Waals surface area contributed by atoms with Gasteiger partial charge in [0.05, 0.1) is 5.69 Å². The fraction of sp³-hybridized carbons (Fsp3) is 0.105. The molecule has 1 aromatic heterocycles. The smallest absolute Gasteiger partial charge is 0.254 e. The minimum absolute atomic E-state index is 0.0529. The van der Waals surface area contributed by atoms with Crippen LogP contribution in [0.3, 0.4) is 0 Å². The van der Waals surface area contributed by atoms with Crippen molar-refractivity contribution >= 4 is 5.91 Å². The first-order valence-electron chi connectivity index (χ1n) is 7.54. The SMILES string of the molecule is O=C(c1cccc(-c2ccncn2)c1)N1Cc2ccccc2C1. The molecule has 0 spiro atoms. The van der Waals surface area contributed by atoms with Crippen molar-refractivity contribution in [2.24, 2.45) is 0 Å². The average molecular weight is 301 g/mol. The maximum absolute atomic E-state index is 12.8. The largest absolute Gasteiger partial charge is 0.330 e. The molecule has 0 bridgehead atoms. The van der Waals surface area contributed by atoms with Crippen LogP contribution in [0.25, 0.3) is 11.3 Å². The quantitative estimate of drug-likeness (QED) is 0.729. The molecule has 0 N–H and O–H groups in total. The van der Waals surface area contributed by atoms with E-state index in [0.29, 0.717) is 18.7 Å². The van der Waals surface area contributed by atoms with Crippen molar-refractivity contribution in [2.75, 3.05) is 0 Å². The Bertz CT molecular complexity index is 836.